The summed E-state index contributed by atoms with van der Waals surface area (Å²) >= 11 is 0. The SMILES string of the molecule is COC(=O)C1=CO[C@@H](O[C@@H]2O[C@H](CO)[C@@H](O)[C@H](O)[C@H]2O)/C(=C/C(=O)O)[C@@H]1CC(=O)OCCc1ccc(O)cc1. The van der Waals surface area contributed by atoms with Crippen molar-refractivity contribution >= 4 is 17.9 Å². The number of hydrogen-bond acceptors (Lipinski definition) is 13. The van der Waals surface area contributed by atoms with E-state index in [1.54, 1.807) is 12.1 Å². The van der Waals surface area contributed by atoms with Crippen molar-refractivity contribution in [1.29, 1.82) is 0 Å². The van der Waals surface area contributed by atoms with E-state index in [2.05, 4.69) is 0 Å². The summed E-state index contributed by atoms with van der Waals surface area (Å²) in [5, 5.41) is 58.6. The molecule has 14 nitrogen and oxygen atoms in total. The van der Waals surface area contributed by atoms with Crippen molar-refractivity contribution in [2.24, 2.45) is 5.92 Å². The number of rotatable bonds is 10. The number of aliphatic carboxylic acids is 1. The summed E-state index contributed by atoms with van der Waals surface area (Å²) in [6, 6.07) is 6.25. The number of carboxylic acids is 1. The van der Waals surface area contributed by atoms with Crippen molar-refractivity contribution < 1.29 is 68.7 Å². The van der Waals surface area contributed by atoms with E-state index >= 15 is 0 Å². The third-order valence-corrected chi connectivity index (χ3v) is 6.15. The Labute approximate surface area is 222 Å². The molecule has 0 saturated carbocycles. The van der Waals surface area contributed by atoms with Gasteiger partial charge in [-0.1, -0.05) is 12.1 Å². The highest BCUT2D eigenvalue weighted by molar-refractivity contribution is 5.91. The van der Waals surface area contributed by atoms with Gasteiger partial charge in [-0.25, -0.2) is 9.59 Å². The number of carboxylic acid groups (broad SMARTS) is 1. The van der Waals surface area contributed by atoms with Crippen LogP contribution in [0.25, 0.3) is 0 Å². The summed E-state index contributed by atoms with van der Waals surface area (Å²) in [5.74, 6) is -4.36. The molecule has 0 radical (unpaired) electrons. The van der Waals surface area contributed by atoms with Crippen molar-refractivity contribution in [2.45, 2.75) is 49.8 Å². The van der Waals surface area contributed by atoms with Crippen LogP contribution in [-0.4, -0.2) is 106 Å². The molecule has 1 saturated heterocycles. The van der Waals surface area contributed by atoms with Gasteiger partial charge in [-0.05, 0) is 17.7 Å². The highest BCUT2D eigenvalue weighted by Gasteiger charge is 2.47. The van der Waals surface area contributed by atoms with E-state index < -0.39 is 73.8 Å². The molecule has 1 aromatic rings. The van der Waals surface area contributed by atoms with Gasteiger partial charge >= 0.3 is 17.9 Å². The Balaban J connectivity index is 1.80. The van der Waals surface area contributed by atoms with Crippen LogP contribution >= 0.6 is 0 Å². The van der Waals surface area contributed by atoms with Gasteiger partial charge in [0.2, 0.25) is 6.29 Å². The Morgan fingerprint density at radius 1 is 1.05 bits per heavy atom. The molecule has 0 spiro atoms. The Kier molecular flexibility index (Phi) is 10.4. The standard InChI is InChI=1S/C25H30O14/c1-35-23(34)16-11-37-24(39-25-22(33)21(32)20(31)17(10-26)38-25)15(8-18(28)29)14(16)9-19(30)36-7-6-12-2-4-13(27)5-3-12/h2-5,8,11,14,17,20-22,24-27,31-33H,6-7,9-10H2,1H3,(H,28,29)/b15-8+/t14-,17+,20+,21-,22+,24-,25-/m0/s1. The second kappa shape index (κ2) is 13.5. The molecule has 39 heavy (non-hydrogen) atoms. The summed E-state index contributed by atoms with van der Waals surface area (Å²) in [6.45, 7) is -0.786. The van der Waals surface area contributed by atoms with Crippen molar-refractivity contribution in [3.05, 3.63) is 53.3 Å². The fourth-order valence-electron chi connectivity index (χ4n) is 4.07. The van der Waals surface area contributed by atoms with Crippen LogP contribution in [-0.2, 0) is 44.5 Å². The van der Waals surface area contributed by atoms with Crippen LogP contribution in [0.5, 0.6) is 5.75 Å². The maximum atomic E-state index is 12.7. The summed E-state index contributed by atoms with van der Waals surface area (Å²) in [7, 11) is 1.08. The van der Waals surface area contributed by atoms with Gasteiger partial charge in [-0.2, -0.15) is 0 Å². The lowest BCUT2D eigenvalue weighted by molar-refractivity contribution is -0.327. The summed E-state index contributed by atoms with van der Waals surface area (Å²) < 4.78 is 26.2. The molecule has 0 unspecified atom stereocenters. The molecular weight excluding hydrogens is 524 g/mol. The first-order valence-electron chi connectivity index (χ1n) is 11.8. The molecule has 6 N–H and O–H groups in total. The van der Waals surface area contributed by atoms with E-state index in [4.69, 9.17) is 23.7 Å². The number of methoxy groups -OCH3 is 1. The molecule has 1 aromatic carbocycles. The zero-order valence-electron chi connectivity index (χ0n) is 20.8. The first-order chi connectivity index (χ1) is 18.5. The van der Waals surface area contributed by atoms with Crippen LogP contribution in [0.3, 0.4) is 0 Å². The second-order valence-corrected chi connectivity index (χ2v) is 8.74. The van der Waals surface area contributed by atoms with Crippen molar-refractivity contribution in [1.82, 2.24) is 0 Å². The van der Waals surface area contributed by atoms with E-state index in [0.29, 0.717) is 12.5 Å². The van der Waals surface area contributed by atoms with Crippen LogP contribution in [0.4, 0.5) is 0 Å². The Morgan fingerprint density at radius 3 is 2.36 bits per heavy atom. The van der Waals surface area contributed by atoms with Crippen LogP contribution < -0.4 is 0 Å². The van der Waals surface area contributed by atoms with E-state index in [9.17, 15) is 45.0 Å². The lowest BCUT2D eigenvalue weighted by Gasteiger charge is -2.41. The number of ether oxygens (including phenoxy) is 5. The molecular formula is C25H30O14. The number of phenolic OH excluding ortho intramolecular Hbond substituents is 1. The zero-order valence-corrected chi connectivity index (χ0v) is 20.8. The average molecular weight is 555 g/mol. The summed E-state index contributed by atoms with van der Waals surface area (Å²) in [4.78, 5) is 36.8. The van der Waals surface area contributed by atoms with E-state index in [0.717, 1.165) is 18.9 Å². The van der Waals surface area contributed by atoms with Gasteiger partial charge in [0.15, 0.2) is 6.29 Å². The minimum atomic E-state index is -1.83. The topological polar surface area (TPSA) is 219 Å². The van der Waals surface area contributed by atoms with Crippen molar-refractivity contribution in [2.75, 3.05) is 20.3 Å². The van der Waals surface area contributed by atoms with E-state index in [1.165, 1.54) is 12.1 Å². The number of carbonyl (C=O) groups excluding carboxylic acids is 2. The molecule has 214 valence electrons. The summed E-state index contributed by atoms with van der Waals surface area (Å²) in [5.41, 5.74) is 0.327. The Hall–Kier alpha value is -3.53. The number of phenols is 1. The Bertz CT molecular complexity index is 1080. The number of carbonyl (C=O) groups is 3. The van der Waals surface area contributed by atoms with Crippen LogP contribution in [0, 0.1) is 5.92 Å². The molecule has 3 rings (SSSR count). The van der Waals surface area contributed by atoms with Gasteiger partial charge in [0.1, 0.15) is 30.2 Å². The normalized spacial score (nSPS) is 29.7. The first kappa shape index (κ1) is 30.0. The molecule has 2 heterocycles. The number of aliphatic hydroxyl groups excluding tert-OH is 4. The fraction of sp³-hybridized carbons (Fsp3) is 0.480. The highest BCUT2D eigenvalue weighted by Crippen LogP contribution is 2.36. The Morgan fingerprint density at radius 2 is 1.74 bits per heavy atom. The lowest BCUT2D eigenvalue weighted by Crippen LogP contribution is -2.60. The lowest BCUT2D eigenvalue weighted by atomic mass is 9.86. The van der Waals surface area contributed by atoms with Crippen molar-refractivity contribution in [3.63, 3.8) is 0 Å². The van der Waals surface area contributed by atoms with Gasteiger partial charge in [0, 0.05) is 24.0 Å². The first-order valence-corrected chi connectivity index (χ1v) is 11.8. The van der Waals surface area contributed by atoms with Gasteiger partial charge in [-0.3, -0.25) is 4.79 Å². The number of benzene rings is 1. The highest BCUT2D eigenvalue weighted by atomic mass is 16.8. The average Bonchev–Trinajstić information content (AvgIpc) is 2.91. The molecule has 2 aliphatic rings. The van der Waals surface area contributed by atoms with Crippen LogP contribution in [0.1, 0.15) is 12.0 Å². The molecule has 0 amide bonds. The van der Waals surface area contributed by atoms with Crippen LogP contribution in [0.2, 0.25) is 0 Å². The molecule has 0 aliphatic carbocycles. The zero-order chi connectivity index (χ0) is 28.7. The number of esters is 2. The fourth-order valence-corrected chi connectivity index (χ4v) is 4.07. The van der Waals surface area contributed by atoms with Crippen LogP contribution in [0.15, 0.2) is 47.7 Å². The molecule has 1 fully saturated rings. The largest absolute Gasteiger partial charge is 0.508 e. The third kappa shape index (κ3) is 7.53. The maximum Gasteiger partial charge on any atom is 0.337 e. The monoisotopic (exact) mass is 554 g/mol. The smallest absolute Gasteiger partial charge is 0.337 e. The van der Waals surface area contributed by atoms with E-state index in [-0.39, 0.29) is 23.5 Å². The van der Waals surface area contributed by atoms with Gasteiger partial charge in [-0.15, -0.1) is 0 Å². The maximum absolute atomic E-state index is 12.7. The molecule has 14 heteroatoms. The minimum absolute atomic E-state index is 0.0487. The third-order valence-electron chi connectivity index (χ3n) is 6.15. The van der Waals surface area contributed by atoms with E-state index in [1.807, 2.05) is 0 Å². The van der Waals surface area contributed by atoms with Crippen molar-refractivity contribution in [3.8, 4) is 5.75 Å². The predicted octanol–water partition coefficient (Wildman–Crippen LogP) is -1.28. The number of hydrogen-bond donors (Lipinski definition) is 6. The minimum Gasteiger partial charge on any atom is -0.508 e. The van der Waals surface area contributed by atoms with Gasteiger partial charge in [0.25, 0.3) is 0 Å². The predicted molar refractivity (Wildman–Crippen MR) is 126 cm³/mol. The molecule has 2 aliphatic heterocycles. The van der Waals surface area contributed by atoms with Gasteiger partial charge in [0.05, 0.1) is 38.6 Å². The van der Waals surface area contributed by atoms with Gasteiger partial charge < -0.3 is 54.3 Å². The summed E-state index contributed by atoms with van der Waals surface area (Å²) in [6.07, 6.45) is -8.56. The quantitative estimate of drug-likeness (QED) is 0.147. The second-order valence-electron chi connectivity index (χ2n) is 8.74. The number of aliphatic hydroxyl groups is 4. The number of aromatic hydroxyl groups is 1. The molecule has 7 atom stereocenters. The molecule has 0 bridgehead atoms. The molecule has 0 aromatic heterocycles.